The molecule has 3 N–H and O–H groups in total. The molecule has 4 nitrogen and oxygen atoms in total. The summed E-state index contributed by atoms with van der Waals surface area (Å²) in [6, 6.07) is 10.5. The van der Waals surface area contributed by atoms with Crippen LogP contribution in [0.3, 0.4) is 0 Å². The lowest BCUT2D eigenvalue weighted by Crippen LogP contribution is -2.36. The number of nitrogens with two attached hydrogens (primary N) is 1. The van der Waals surface area contributed by atoms with E-state index in [1.165, 1.54) is 29.2 Å². The number of benzene rings is 2. The van der Waals surface area contributed by atoms with Gasteiger partial charge in [0, 0.05) is 30.0 Å². The molecule has 21 heavy (non-hydrogen) atoms. The summed E-state index contributed by atoms with van der Waals surface area (Å²) < 4.78 is 12.9. The molecule has 0 aliphatic carbocycles. The Morgan fingerprint density at radius 1 is 1.29 bits per heavy atom. The number of nitrogens with one attached hydrogen (secondary N) is 1. The lowest BCUT2D eigenvalue weighted by Gasteiger charge is -2.18. The van der Waals surface area contributed by atoms with Crippen LogP contribution in [0, 0.1) is 5.82 Å². The van der Waals surface area contributed by atoms with Crippen molar-refractivity contribution in [1.82, 2.24) is 5.32 Å². The van der Waals surface area contributed by atoms with Gasteiger partial charge < -0.3 is 11.1 Å². The number of amides is 2. The zero-order valence-corrected chi connectivity index (χ0v) is 12.2. The Morgan fingerprint density at radius 2 is 1.95 bits per heavy atom. The van der Waals surface area contributed by atoms with E-state index in [0.29, 0.717) is 16.4 Å². The van der Waals surface area contributed by atoms with Crippen LogP contribution in [0.25, 0.3) is 0 Å². The zero-order chi connectivity index (χ0) is 15.4. The minimum atomic E-state index is -0.346. The van der Waals surface area contributed by atoms with Crippen LogP contribution in [0.15, 0.2) is 42.5 Å². The maximum absolute atomic E-state index is 12.9. The van der Waals surface area contributed by atoms with E-state index in [0.717, 1.165) is 5.56 Å². The molecule has 0 spiro atoms. The molecule has 2 amide bonds. The Hall–Kier alpha value is -2.27. The molecule has 0 bridgehead atoms. The largest absolute Gasteiger partial charge is 0.399 e. The number of anilines is 2. The molecular formula is C15H15ClFN3O. The lowest BCUT2D eigenvalue weighted by molar-refractivity contribution is 0.247. The molecule has 2 aromatic carbocycles. The van der Waals surface area contributed by atoms with Crippen LogP contribution >= 0.6 is 11.6 Å². The minimum Gasteiger partial charge on any atom is -0.399 e. The Bertz CT molecular complexity index is 646. The number of carbonyl (C=O) groups excluding carboxylic acids is 1. The molecule has 6 heteroatoms. The average Bonchev–Trinajstić information content (AvgIpc) is 2.46. The molecule has 0 atom stereocenters. The van der Waals surface area contributed by atoms with Gasteiger partial charge in [-0.15, -0.1) is 0 Å². The minimum absolute atomic E-state index is 0.281. The van der Waals surface area contributed by atoms with Crippen molar-refractivity contribution < 1.29 is 9.18 Å². The van der Waals surface area contributed by atoms with Gasteiger partial charge in [-0.05, 0) is 42.0 Å². The summed E-state index contributed by atoms with van der Waals surface area (Å²) in [6.45, 7) is 0.281. The Labute approximate surface area is 127 Å². The molecule has 0 saturated carbocycles. The van der Waals surface area contributed by atoms with Crippen molar-refractivity contribution in [3.63, 3.8) is 0 Å². The number of carbonyl (C=O) groups is 1. The van der Waals surface area contributed by atoms with Crippen molar-refractivity contribution in [2.24, 2.45) is 0 Å². The van der Waals surface area contributed by atoms with Crippen LogP contribution in [-0.4, -0.2) is 13.1 Å². The van der Waals surface area contributed by atoms with E-state index >= 15 is 0 Å². The highest BCUT2D eigenvalue weighted by atomic mass is 35.5. The molecule has 0 unspecified atom stereocenters. The normalized spacial score (nSPS) is 10.2. The van der Waals surface area contributed by atoms with E-state index < -0.39 is 0 Å². The predicted octanol–water partition coefficient (Wildman–Crippen LogP) is 3.41. The summed E-state index contributed by atoms with van der Waals surface area (Å²) in [5.74, 6) is -0.346. The second-order valence-electron chi connectivity index (χ2n) is 4.54. The topological polar surface area (TPSA) is 58.4 Å². The monoisotopic (exact) mass is 307 g/mol. The van der Waals surface area contributed by atoms with Gasteiger partial charge in [0.05, 0.1) is 0 Å². The first kappa shape index (κ1) is 15.1. The molecule has 0 heterocycles. The smallest absolute Gasteiger partial charge is 0.321 e. The second kappa shape index (κ2) is 6.45. The highest BCUT2D eigenvalue weighted by molar-refractivity contribution is 6.31. The van der Waals surface area contributed by atoms with Crippen LogP contribution in [0.2, 0.25) is 5.02 Å². The van der Waals surface area contributed by atoms with Gasteiger partial charge in [0.15, 0.2) is 0 Å². The third-order valence-electron chi connectivity index (χ3n) is 3.03. The van der Waals surface area contributed by atoms with Crippen LogP contribution in [-0.2, 0) is 6.54 Å². The SMILES string of the molecule is CN(C(=O)NCc1ccc(N)cc1Cl)c1ccc(F)cc1. The van der Waals surface area contributed by atoms with E-state index in [1.807, 2.05) is 0 Å². The van der Waals surface area contributed by atoms with E-state index in [4.69, 9.17) is 17.3 Å². The van der Waals surface area contributed by atoms with Gasteiger partial charge in [-0.2, -0.15) is 0 Å². The molecular weight excluding hydrogens is 293 g/mol. The van der Waals surface area contributed by atoms with E-state index in [-0.39, 0.29) is 18.4 Å². The van der Waals surface area contributed by atoms with Crippen LogP contribution < -0.4 is 16.0 Å². The molecule has 0 radical (unpaired) electrons. The highest BCUT2D eigenvalue weighted by Gasteiger charge is 2.11. The zero-order valence-electron chi connectivity index (χ0n) is 11.4. The standard InChI is InChI=1S/C15H15ClFN3O/c1-20(13-6-3-11(17)4-7-13)15(21)19-9-10-2-5-12(18)8-14(10)16/h2-8H,9,18H2,1H3,(H,19,21). The van der Waals surface area contributed by atoms with Crippen molar-refractivity contribution in [2.75, 3.05) is 17.7 Å². The Balaban J connectivity index is 1.99. The maximum Gasteiger partial charge on any atom is 0.321 e. The maximum atomic E-state index is 12.9. The Kier molecular flexibility index (Phi) is 4.65. The quantitative estimate of drug-likeness (QED) is 0.854. The van der Waals surface area contributed by atoms with Gasteiger partial charge in [-0.3, -0.25) is 4.90 Å². The lowest BCUT2D eigenvalue weighted by atomic mass is 10.2. The van der Waals surface area contributed by atoms with Crippen molar-refractivity contribution in [3.8, 4) is 0 Å². The van der Waals surface area contributed by atoms with Crippen LogP contribution in [0.5, 0.6) is 0 Å². The number of hydrogen-bond donors (Lipinski definition) is 2. The first-order chi connectivity index (χ1) is 9.97. The first-order valence-electron chi connectivity index (χ1n) is 6.28. The third-order valence-corrected chi connectivity index (χ3v) is 3.38. The summed E-state index contributed by atoms with van der Waals surface area (Å²) >= 11 is 6.04. The molecule has 0 saturated heterocycles. The van der Waals surface area contributed by atoms with Crippen molar-refractivity contribution >= 4 is 29.0 Å². The Morgan fingerprint density at radius 3 is 2.57 bits per heavy atom. The van der Waals surface area contributed by atoms with Crippen molar-refractivity contribution in [2.45, 2.75) is 6.54 Å². The van der Waals surface area contributed by atoms with E-state index in [1.54, 1.807) is 25.2 Å². The molecule has 0 fully saturated rings. The van der Waals surface area contributed by atoms with E-state index in [9.17, 15) is 9.18 Å². The van der Waals surface area contributed by atoms with Gasteiger partial charge in [0.1, 0.15) is 5.82 Å². The van der Waals surface area contributed by atoms with Crippen molar-refractivity contribution in [1.29, 1.82) is 0 Å². The molecule has 0 aromatic heterocycles. The summed E-state index contributed by atoms with van der Waals surface area (Å²) in [5, 5.41) is 3.24. The molecule has 2 aromatic rings. The predicted molar refractivity (Wildman–Crippen MR) is 82.9 cm³/mol. The van der Waals surface area contributed by atoms with Gasteiger partial charge >= 0.3 is 6.03 Å². The number of urea groups is 1. The fraction of sp³-hybridized carbons (Fsp3) is 0.133. The summed E-state index contributed by atoms with van der Waals surface area (Å²) in [4.78, 5) is 13.4. The van der Waals surface area contributed by atoms with Crippen molar-refractivity contribution in [3.05, 3.63) is 58.9 Å². The molecule has 0 aliphatic heterocycles. The number of halogens is 2. The molecule has 2 rings (SSSR count). The fourth-order valence-corrected chi connectivity index (χ4v) is 2.03. The summed E-state index contributed by atoms with van der Waals surface area (Å²) in [6.07, 6.45) is 0. The van der Waals surface area contributed by atoms with Crippen LogP contribution in [0.1, 0.15) is 5.56 Å². The highest BCUT2D eigenvalue weighted by Crippen LogP contribution is 2.19. The van der Waals surface area contributed by atoms with E-state index in [2.05, 4.69) is 5.32 Å². The molecule has 0 aliphatic rings. The third kappa shape index (κ3) is 3.86. The van der Waals surface area contributed by atoms with Crippen LogP contribution in [0.4, 0.5) is 20.6 Å². The van der Waals surface area contributed by atoms with Gasteiger partial charge in [-0.1, -0.05) is 17.7 Å². The van der Waals surface area contributed by atoms with Gasteiger partial charge in [0.2, 0.25) is 0 Å². The first-order valence-corrected chi connectivity index (χ1v) is 6.66. The number of nitrogens with zero attached hydrogens (tertiary/aromatic N) is 1. The molecule has 110 valence electrons. The second-order valence-corrected chi connectivity index (χ2v) is 4.95. The summed E-state index contributed by atoms with van der Waals surface area (Å²) in [7, 11) is 1.60. The number of nitrogen functional groups attached to an aromatic ring is 1. The van der Waals surface area contributed by atoms with Gasteiger partial charge in [0.25, 0.3) is 0 Å². The number of hydrogen-bond acceptors (Lipinski definition) is 2. The van der Waals surface area contributed by atoms with Gasteiger partial charge in [-0.25, -0.2) is 9.18 Å². The average molecular weight is 308 g/mol. The fourth-order valence-electron chi connectivity index (χ4n) is 1.78. The summed E-state index contributed by atoms with van der Waals surface area (Å²) in [5.41, 5.74) is 7.54. The number of rotatable bonds is 3.